The van der Waals surface area contributed by atoms with Crippen LogP contribution in [0.15, 0.2) is 36.4 Å². The van der Waals surface area contributed by atoms with Gasteiger partial charge in [0.2, 0.25) is 0 Å². The molecule has 98 valence electrons. The Morgan fingerprint density at radius 1 is 1.11 bits per heavy atom. The van der Waals surface area contributed by atoms with Crippen LogP contribution in [0.2, 0.25) is 0 Å². The Kier molecular flexibility index (Phi) is 2.32. The van der Waals surface area contributed by atoms with E-state index in [0.717, 1.165) is 25.7 Å². The molecule has 2 aromatic carbocycles. The summed E-state index contributed by atoms with van der Waals surface area (Å²) in [6.07, 6.45) is 4.23. The van der Waals surface area contributed by atoms with Gasteiger partial charge in [-0.05, 0) is 53.5 Å². The molecule has 1 heteroatoms. The highest BCUT2D eigenvalue weighted by Gasteiger charge is 2.48. The minimum atomic E-state index is -0.114. The van der Waals surface area contributed by atoms with Crippen molar-refractivity contribution in [2.24, 2.45) is 5.41 Å². The lowest BCUT2D eigenvalue weighted by Gasteiger charge is -2.40. The summed E-state index contributed by atoms with van der Waals surface area (Å²) in [5, 5.41) is 13.1. The van der Waals surface area contributed by atoms with E-state index in [1.54, 1.807) is 0 Å². The van der Waals surface area contributed by atoms with Gasteiger partial charge in [0.05, 0.1) is 6.10 Å². The number of benzene rings is 2. The van der Waals surface area contributed by atoms with Gasteiger partial charge in [-0.25, -0.2) is 0 Å². The molecule has 0 radical (unpaired) electrons. The third-order valence-electron chi connectivity index (χ3n) is 5.65. The molecule has 3 atom stereocenters. The summed E-state index contributed by atoms with van der Waals surface area (Å²) in [4.78, 5) is 0. The zero-order valence-corrected chi connectivity index (χ0v) is 11.4. The third kappa shape index (κ3) is 1.45. The predicted octanol–water partition coefficient (Wildman–Crippen LogP) is 4.03. The quantitative estimate of drug-likeness (QED) is 0.750. The van der Waals surface area contributed by atoms with Crippen LogP contribution in [0, 0.1) is 5.41 Å². The standard InChI is InChI=1S/C18H20O/c1-18-11-10-14-13-5-3-2-4-12(13)6-7-15(14)16(18)8-9-17(18)19/h2-7,16-17,19H,8-11H2,1H3/t16-,17+,18-/m1/s1. The Morgan fingerprint density at radius 3 is 2.84 bits per heavy atom. The van der Waals surface area contributed by atoms with Crippen LogP contribution in [-0.2, 0) is 6.42 Å². The number of aryl methyl sites for hydroxylation is 1. The van der Waals surface area contributed by atoms with Crippen molar-refractivity contribution in [3.8, 4) is 0 Å². The van der Waals surface area contributed by atoms with Crippen molar-refractivity contribution in [3.63, 3.8) is 0 Å². The van der Waals surface area contributed by atoms with Gasteiger partial charge in [0, 0.05) is 5.41 Å². The maximum absolute atomic E-state index is 10.3. The van der Waals surface area contributed by atoms with E-state index in [0.29, 0.717) is 5.92 Å². The van der Waals surface area contributed by atoms with Crippen molar-refractivity contribution in [1.29, 1.82) is 0 Å². The monoisotopic (exact) mass is 252 g/mol. The van der Waals surface area contributed by atoms with Gasteiger partial charge in [-0.2, -0.15) is 0 Å². The second-order valence-corrected chi connectivity index (χ2v) is 6.51. The van der Waals surface area contributed by atoms with Gasteiger partial charge >= 0.3 is 0 Å². The minimum Gasteiger partial charge on any atom is -0.393 e. The zero-order chi connectivity index (χ0) is 13.0. The van der Waals surface area contributed by atoms with E-state index in [4.69, 9.17) is 0 Å². The average molecular weight is 252 g/mol. The number of aliphatic hydroxyl groups is 1. The first kappa shape index (κ1) is 11.5. The summed E-state index contributed by atoms with van der Waals surface area (Å²) < 4.78 is 0. The minimum absolute atomic E-state index is 0.107. The van der Waals surface area contributed by atoms with Crippen LogP contribution < -0.4 is 0 Å². The molecule has 2 aromatic rings. The van der Waals surface area contributed by atoms with Crippen LogP contribution >= 0.6 is 0 Å². The van der Waals surface area contributed by atoms with Crippen molar-refractivity contribution in [3.05, 3.63) is 47.5 Å². The summed E-state index contributed by atoms with van der Waals surface area (Å²) in [6, 6.07) is 13.3. The highest BCUT2D eigenvalue weighted by molar-refractivity contribution is 5.87. The highest BCUT2D eigenvalue weighted by Crippen LogP contribution is 2.56. The van der Waals surface area contributed by atoms with Crippen molar-refractivity contribution >= 4 is 10.8 Å². The van der Waals surface area contributed by atoms with E-state index in [9.17, 15) is 5.11 Å². The zero-order valence-electron chi connectivity index (χ0n) is 11.4. The molecule has 1 N–H and O–H groups in total. The van der Waals surface area contributed by atoms with Crippen LogP contribution in [0.3, 0.4) is 0 Å². The largest absolute Gasteiger partial charge is 0.393 e. The summed E-state index contributed by atoms with van der Waals surface area (Å²) in [7, 11) is 0. The molecule has 4 rings (SSSR count). The molecule has 19 heavy (non-hydrogen) atoms. The van der Waals surface area contributed by atoms with Crippen molar-refractivity contribution in [2.45, 2.75) is 44.6 Å². The fraction of sp³-hybridized carbons (Fsp3) is 0.444. The van der Waals surface area contributed by atoms with Crippen molar-refractivity contribution < 1.29 is 5.11 Å². The topological polar surface area (TPSA) is 20.2 Å². The maximum Gasteiger partial charge on any atom is 0.0600 e. The lowest BCUT2D eigenvalue weighted by Crippen LogP contribution is -2.35. The summed E-state index contributed by atoms with van der Waals surface area (Å²) in [6.45, 7) is 2.29. The fourth-order valence-electron chi connectivity index (χ4n) is 4.42. The third-order valence-corrected chi connectivity index (χ3v) is 5.65. The molecule has 0 unspecified atom stereocenters. The first-order chi connectivity index (χ1) is 9.20. The van der Waals surface area contributed by atoms with Crippen LogP contribution in [0.5, 0.6) is 0 Å². The Balaban J connectivity index is 1.94. The molecule has 0 saturated heterocycles. The van der Waals surface area contributed by atoms with Crippen molar-refractivity contribution in [1.82, 2.24) is 0 Å². The summed E-state index contributed by atoms with van der Waals surface area (Å²) in [5.74, 6) is 0.552. The second kappa shape index (κ2) is 3.83. The molecular weight excluding hydrogens is 232 g/mol. The fourth-order valence-corrected chi connectivity index (χ4v) is 4.42. The van der Waals surface area contributed by atoms with Gasteiger partial charge in [0.15, 0.2) is 0 Å². The molecule has 2 aliphatic rings. The highest BCUT2D eigenvalue weighted by atomic mass is 16.3. The lowest BCUT2D eigenvalue weighted by molar-refractivity contribution is 0.0459. The summed E-state index contributed by atoms with van der Waals surface area (Å²) in [5.41, 5.74) is 3.15. The van der Waals surface area contributed by atoms with Gasteiger partial charge in [-0.1, -0.05) is 43.3 Å². The molecule has 1 saturated carbocycles. The Morgan fingerprint density at radius 2 is 1.95 bits per heavy atom. The van der Waals surface area contributed by atoms with E-state index in [2.05, 4.69) is 43.3 Å². The number of rotatable bonds is 0. The van der Waals surface area contributed by atoms with E-state index in [1.807, 2.05) is 0 Å². The first-order valence-corrected chi connectivity index (χ1v) is 7.39. The Labute approximate surface area is 114 Å². The Bertz CT molecular complexity index is 645. The normalized spacial score (nSPS) is 33.2. The second-order valence-electron chi connectivity index (χ2n) is 6.51. The first-order valence-electron chi connectivity index (χ1n) is 7.39. The van der Waals surface area contributed by atoms with Crippen LogP contribution in [-0.4, -0.2) is 11.2 Å². The van der Waals surface area contributed by atoms with Crippen LogP contribution in [0.1, 0.15) is 43.2 Å². The van der Waals surface area contributed by atoms with E-state index >= 15 is 0 Å². The molecule has 2 aliphatic carbocycles. The molecule has 0 bridgehead atoms. The predicted molar refractivity (Wildman–Crippen MR) is 78.4 cm³/mol. The summed E-state index contributed by atoms with van der Waals surface area (Å²) >= 11 is 0. The smallest absolute Gasteiger partial charge is 0.0600 e. The van der Waals surface area contributed by atoms with Crippen molar-refractivity contribution in [2.75, 3.05) is 0 Å². The van der Waals surface area contributed by atoms with Crippen LogP contribution in [0.4, 0.5) is 0 Å². The number of hydrogen-bond donors (Lipinski definition) is 1. The lowest BCUT2D eigenvalue weighted by atomic mass is 9.65. The van der Waals surface area contributed by atoms with E-state index < -0.39 is 0 Å². The van der Waals surface area contributed by atoms with E-state index in [-0.39, 0.29) is 11.5 Å². The molecule has 1 nitrogen and oxygen atoms in total. The van der Waals surface area contributed by atoms with E-state index in [1.165, 1.54) is 21.9 Å². The number of aliphatic hydroxyl groups excluding tert-OH is 1. The van der Waals surface area contributed by atoms with Gasteiger partial charge in [0.1, 0.15) is 0 Å². The molecule has 0 aromatic heterocycles. The molecule has 0 spiro atoms. The molecule has 0 heterocycles. The SMILES string of the molecule is C[C@@]12CCc3c(ccc4ccccc34)[C@H]1CC[C@@H]2O. The molecule has 1 fully saturated rings. The van der Waals surface area contributed by atoms with Crippen LogP contribution in [0.25, 0.3) is 10.8 Å². The van der Waals surface area contributed by atoms with Gasteiger partial charge in [0.25, 0.3) is 0 Å². The van der Waals surface area contributed by atoms with Gasteiger partial charge < -0.3 is 5.11 Å². The Hall–Kier alpha value is -1.34. The molecule has 0 aliphatic heterocycles. The van der Waals surface area contributed by atoms with Gasteiger partial charge in [-0.3, -0.25) is 0 Å². The molecular formula is C18H20O. The maximum atomic E-state index is 10.3. The molecule has 0 amide bonds. The number of hydrogen-bond acceptors (Lipinski definition) is 1. The number of fused-ring (bicyclic) bond motifs is 5. The average Bonchev–Trinajstić information content (AvgIpc) is 2.75. The van der Waals surface area contributed by atoms with Gasteiger partial charge in [-0.15, -0.1) is 0 Å².